The van der Waals surface area contributed by atoms with Gasteiger partial charge in [-0.25, -0.2) is 0 Å². The summed E-state index contributed by atoms with van der Waals surface area (Å²) >= 11 is 0. The molecule has 124 valence electrons. The Morgan fingerprint density at radius 3 is 2.50 bits per heavy atom. The van der Waals surface area contributed by atoms with Gasteiger partial charge in [-0.15, -0.1) is 0 Å². The summed E-state index contributed by atoms with van der Waals surface area (Å²) in [4.78, 5) is 39.4. The number of hydrogen-bond donors (Lipinski definition) is 1. The molecule has 0 aliphatic carbocycles. The van der Waals surface area contributed by atoms with Gasteiger partial charge in [-0.1, -0.05) is 13.8 Å². The highest BCUT2D eigenvalue weighted by molar-refractivity contribution is 5.89. The quantitative estimate of drug-likeness (QED) is 0.831. The number of nitrogens with zero attached hydrogens (tertiary/aromatic N) is 2. The van der Waals surface area contributed by atoms with E-state index in [0.29, 0.717) is 19.5 Å². The molecule has 2 fully saturated rings. The van der Waals surface area contributed by atoms with Crippen LogP contribution in [0.4, 0.5) is 0 Å². The van der Waals surface area contributed by atoms with Crippen molar-refractivity contribution in [2.45, 2.75) is 52.0 Å². The van der Waals surface area contributed by atoms with Crippen LogP contribution in [-0.4, -0.2) is 58.4 Å². The minimum absolute atomic E-state index is 0.0484. The number of carbonyl (C=O) groups excluding carboxylic acids is 2. The van der Waals surface area contributed by atoms with E-state index >= 15 is 0 Å². The van der Waals surface area contributed by atoms with Crippen molar-refractivity contribution in [1.29, 1.82) is 0 Å². The molecule has 2 rings (SSSR count). The molecule has 1 N–H and O–H groups in total. The van der Waals surface area contributed by atoms with E-state index in [-0.39, 0.29) is 36.7 Å². The number of piperidine rings is 1. The first kappa shape index (κ1) is 16.8. The Labute approximate surface area is 131 Å². The summed E-state index contributed by atoms with van der Waals surface area (Å²) < 4.78 is 0. The number of hydrogen-bond acceptors (Lipinski definition) is 3. The maximum atomic E-state index is 12.6. The van der Waals surface area contributed by atoms with Crippen LogP contribution in [0.5, 0.6) is 0 Å². The number of aliphatic carboxylic acids is 1. The lowest BCUT2D eigenvalue weighted by atomic mass is 9.96. The fraction of sp³-hybridized carbons (Fsp3) is 0.812. The zero-order valence-corrected chi connectivity index (χ0v) is 13.5. The first-order valence-electron chi connectivity index (χ1n) is 8.28. The van der Waals surface area contributed by atoms with Crippen molar-refractivity contribution in [2.24, 2.45) is 11.8 Å². The van der Waals surface area contributed by atoms with E-state index in [2.05, 4.69) is 13.8 Å². The average Bonchev–Trinajstić information content (AvgIpc) is 2.90. The Kier molecular flexibility index (Phi) is 5.42. The summed E-state index contributed by atoms with van der Waals surface area (Å²) in [5.41, 5.74) is 0. The van der Waals surface area contributed by atoms with Crippen LogP contribution < -0.4 is 0 Å². The van der Waals surface area contributed by atoms with E-state index in [1.165, 1.54) is 0 Å². The summed E-state index contributed by atoms with van der Waals surface area (Å²) in [6.45, 7) is 5.48. The monoisotopic (exact) mass is 310 g/mol. The highest BCUT2D eigenvalue weighted by Gasteiger charge is 2.40. The van der Waals surface area contributed by atoms with E-state index in [0.717, 1.165) is 19.3 Å². The average molecular weight is 310 g/mol. The fourth-order valence-corrected chi connectivity index (χ4v) is 3.62. The van der Waals surface area contributed by atoms with Gasteiger partial charge in [0.1, 0.15) is 0 Å². The normalized spacial score (nSPS) is 25.9. The Morgan fingerprint density at radius 1 is 1.23 bits per heavy atom. The Bertz CT molecular complexity index is 447. The molecule has 0 bridgehead atoms. The summed E-state index contributed by atoms with van der Waals surface area (Å²) in [5, 5.41) is 9.12. The maximum Gasteiger partial charge on any atom is 0.308 e. The van der Waals surface area contributed by atoms with Gasteiger partial charge >= 0.3 is 5.97 Å². The number of amides is 2. The van der Waals surface area contributed by atoms with Crippen LogP contribution in [0.25, 0.3) is 0 Å². The van der Waals surface area contributed by atoms with Crippen LogP contribution >= 0.6 is 0 Å². The standard InChI is InChI=1S/C16H26N2O4/c1-3-13(4-2)18-10-12(8-14(18)19)15(20)17-7-5-6-11(9-17)16(21)22/h11-13H,3-10H2,1-2H3,(H,21,22). The second-order valence-corrected chi connectivity index (χ2v) is 6.38. The molecule has 2 unspecified atom stereocenters. The topological polar surface area (TPSA) is 77.9 Å². The smallest absolute Gasteiger partial charge is 0.308 e. The zero-order chi connectivity index (χ0) is 16.3. The van der Waals surface area contributed by atoms with Crippen molar-refractivity contribution in [3.63, 3.8) is 0 Å². The lowest BCUT2D eigenvalue weighted by molar-refractivity contribution is -0.146. The molecule has 0 radical (unpaired) electrons. The van der Waals surface area contributed by atoms with Gasteiger partial charge in [-0.2, -0.15) is 0 Å². The third kappa shape index (κ3) is 3.42. The summed E-state index contributed by atoms with van der Waals surface area (Å²) in [7, 11) is 0. The van der Waals surface area contributed by atoms with Gasteiger partial charge in [0, 0.05) is 32.1 Å². The molecule has 0 aromatic carbocycles. The fourth-order valence-electron chi connectivity index (χ4n) is 3.62. The van der Waals surface area contributed by atoms with E-state index in [9.17, 15) is 14.4 Å². The summed E-state index contributed by atoms with van der Waals surface area (Å²) in [5.74, 6) is -1.60. The molecule has 2 atom stereocenters. The molecular formula is C16H26N2O4. The van der Waals surface area contributed by atoms with Crippen molar-refractivity contribution in [1.82, 2.24) is 9.80 Å². The van der Waals surface area contributed by atoms with Gasteiger partial charge in [0.15, 0.2) is 0 Å². The van der Waals surface area contributed by atoms with Crippen LogP contribution in [0, 0.1) is 11.8 Å². The van der Waals surface area contributed by atoms with E-state index in [4.69, 9.17) is 5.11 Å². The highest BCUT2D eigenvalue weighted by Crippen LogP contribution is 2.26. The van der Waals surface area contributed by atoms with Crippen LogP contribution in [0.2, 0.25) is 0 Å². The molecule has 0 aromatic heterocycles. The van der Waals surface area contributed by atoms with Gasteiger partial charge in [0.05, 0.1) is 11.8 Å². The van der Waals surface area contributed by atoms with E-state index < -0.39 is 11.9 Å². The molecule has 6 nitrogen and oxygen atoms in total. The number of likely N-dealkylation sites (tertiary alicyclic amines) is 2. The molecule has 2 aliphatic heterocycles. The molecule has 2 saturated heterocycles. The number of carboxylic acid groups (broad SMARTS) is 1. The SMILES string of the molecule is CCC(CC)N1CC(C(=O)N2CCCC(C(=O)O)C2)CC1=O. The third-order valence-electron chi connectivity index (χ3n) is 4.97. The predicted molar refractivity (Wildman–Crippen MR) is 81.1 cm³/mol. The highest BCUT2D eigenvalue weighted by atomic mass is 16.4. The van der Waals surface area contributed by atoms with Crippen molar-refractivity contribution in [3.8, 4) is 0 Å². The van der Waals surface area contributed by atoms with E-state index in [1.807, 2.05) is 4.90 Å². The van der Waals surface area contributed by atoms with Crippen LogP contribution in [0.1, 0.15) is 46.0 Å². The molecule has 2 aliphatic rings. The molecule has 0 spiro atoms. The molecule has 22 heavy (non-hydrogen) atoms. The Morgan fingerprint density at radius 2 is 1.91 bits per heavy atom. The van der Waals surface area contributed by atoms with Crippen LogP contribution in [0.3, 0.4) is 0 Å². The van der Waals surface area contributed by atoms with Crippen LogP contribution in [-0.2, 0) is 14.4 Å². The van der Waals surface area contributed by atoms with Gasteiger partial charge in [0.2, 0.25) is 11.8 Å². The van der Waals surface area contributed by atoms with Crippen molar-refractivity contribution in [2.75, 3.05) is 19.6 Å². The lowest BCUT2D eigenvalue weighted by Gasteiger charge is -2.32. The predicted octanol–water partition coefficient (Wildman–Crippen LogP) is 1.35. The minimum Gasteiger partial charge on any atom is -0.481 e. The van der Waals surface area contributed by atoms with Gasteiger partial charge in [-0.05, 0) is 25.7 Å². The second kappa shape index (κ2) is 7.11. The van der Waals surface area contributed by atoms with Gasteiger partial charge in [-0.3, -0.25) is 14.4 Å². The van der Waals surface area contributed by atoms with Gasteiger partial charge in [0.25, 0.3) is 0 Å². The minimum atomic E-state index is -0.835. The third-order valence-corrected chi connectivity index (χ3v) is 4.97. The Hall–Kier alpha value is -1.59. The van der Waals surface area contributed by atoms with Crippen LogP contribution in [0.15, 0.2) is 0 Å². The first-order chi connectivity index (χ1) is 10.5. The van der Waals surface area contributed by atoms with Crippen molar-refractivity contribution >= 4 is 17.8 Å². The molecule has 2 amide bonds. The summed E-state index contributed by atoms with van der Waals surface area (Å²) in [6.07, 6.45) is 3.41. The molecule has 6 heteroatoms. The summed E-state index contributed by atoms with van der Waals surface area (Å²) in [6, 6.07) is 0.207. The Balaban J connectivity index is 1.99. The molecule has 0 aromatic rings. The first-order valence-corrected chi connectivity index (χ1v) is 8.28. The zero-order valence-electron chi connectivity index (χ0n) is 13.5. The number of rotatable bonds is 5. The van der Waals surface area contributed by atoms with E-state index in [1.54, 1.807) is 4.90 Å². The molecular weight excluding hydrogens is 284 g/mol. The lowest BCUT2D eigenvalue weighted by Crippen LogP contribution is -2.45. The van der Waals surface area contributed by atoms with Gasteiger partial charge < -0.3 is 14.9 Å². The molecule has 2 heterocycles. The maximum absolute atomic E-state index is 12.6. The second-order valence-electron chi connectivity index (χ2n) is 6.38. The largest absolute Gasteiger partial charge is 0.481 e. The van der Waals surface area contributed by atoms with Crippen molar-refractivity contribution in [3.05, 3.63) is 0 Å². The number of carboxylic acids is 1. The van der Waals surface area contributed by atoms with Crippen molar-refractivity contribution < 1.29 is 19.5 Å². The number of carbonyl (C=O) groups is 3. The molecule has 0 saturated carbocycles.